The van der Waals surface area contributed by atoms with E-state index in [1.807, 2.05) is 0 Å². The summed E-state index contributed by atoms with van der Waals surface area (Å²) in [4.78, 5) is 32.6. The molecule has 1 aromatic carbocycles. The number of anilines is 1. The lowest BCUT2D eigenvalue weighted by molar-refractivity contribution is -0.384. The number of nitrogens with one attached hydrogen (secondary N) is 3. The first kappa shape index (κ1) is 15.4. The molecule has 2 amide bonds. The SMILES string of the molecule is CNC(=O)c1ccc(NCCNC(C)=O)c([N+](=O)[O-])c1. The number of hydrogen-bond acceptors (Lipinski definition) is 5. The van der Waals surface area contributed by atoms with E-state index in [0.717, 1.165) is 0 Å². The number of hydrogen-bond donors (Lipinski definition) is 3. The normalized spacial score (nSPS) is 9.70. The third-order valence-corrected chi connectivity index (χ3v) is 2.50. The van der Waals surface area contributed by atoms with Crippen LogP contribution in [0, 0.1) is 10.1 Å². The van der Waals surface area contributed by atoms with E-state index in [2.05, 4.69) is 16.0 Å². The summed E-state index contributed by atoms with van der Waals surface area (Å²) in [7, 11) is 1.45. The first-order valence-electron chi connectivity index (χ1n) is 5.94. The quantitative estimate of drug-likeness (QED) is 0.399. The van der Waals surface area contributed by atoms with Gasteiger partial charge in [-0.3, -0.25) is 19.7 Å². The lowest BCUT2D eigenvalue weighted by Crippen LogP contribution is -2.26. The van der Waals surface area contributed by atoms with E-state index in [0.29, 0.717) is 18.8 Å². The van der Waals surface area contributed by atoms with Crippen LogP contribution in [0.25, 0.3) is 0 Å². The first-order chi connectivity index (χ1) is 9.45. The standard InChI is InChI=1S/C12H16N4O4/c1-8(17)14-5-6-15-10-4-3-9(12(18)13-2)7-11(10)16(19)20/h3-4,7,15H,5-6H2,1-2H3,(H,13,18)(H,14,17). The molecule has 20 heavy (non-hydrogen) atoms. The van der Waals surface area contributed by atoms with E-state index in [-0.39, 0.29) is 17.2 Å². The molecule has 0 spiro atoms. The lowest BCUT2D eigenvalue weighted by Gasteiger charge is -2.08. The van der Waals surface area contributed by atoms with Crippen LogP contribution in [0.3, 0.4) is 0 Å². The zero-order valence-electron chi connectivity index (χ0n) is 11.2. The predicted molar refractivity (Wildman–Crippen MR) is 73.7 cm³/mol. The molecule has 0 heterocycles. The van der Waals surface area contributed by atoms with Gasteiger partial charge in [-0.1, -0.05) is 0 Å². The molecule has 8 nitrogen and oxygen atoms in total. The van der Waals surface area contributed by atoms with Crippen LogP contribution in [0.1, 0.15) is 17.3 Å². The van der Waals surface area contributed by atoms with Gasteiger partial charge >= 0.3 is 0 Å². The first-order valence-corrected chi connectivity index (χ1v) is 5.94. The highest BCUT2D eigenvalue weighted by molar-refractivity contribution is 5.95. The summed E-state index contributed by atoms with van der Waals surface area (Å²) < 4.78 is 0. The summed E-state index contributed by atoms with van der Waals surface area (Å²) in [6, 6.07) is 4.17. The summed E-state index contributed by atoms with van der Waals surface area (Å²) in [6.45, 7) is 2.09. The minimum Gasteiger partial charge on any atom is -0.378 e. The monoisotopic (exact) mass is 280 g/mol. The Kier molecular flexibility index (Phi) is 5.45. The Labute approximate surface area is 115 Å². The topological polar surface area (TPSA) is 113 Å². The number of nitro benzene ring substituents is 1. The maximum absolute atomic E-state index is 11.4. The average molecular weight is 280 g/mol. The van der Waals surface area contributed by atoms with Gasteiger partial charge in [-0.05, 0) is 12.1 Å². The third kappa shape index (κ3) is 4.23. The fraction of sp³-hybridized carbons (Fsp3) is 0.333. The summed E-state index contributed by atoms with van der Waals surface area (Å²) in [6.07, 6.45) is 0. The van der Waals surface area contributed by atoms with Crippen molar-refractivity contribution in [3.05, 3.63) is 33.9 Å². The second kappa shape index (κ2) is 7.07. The van der Waals surface area contributed by atoms with Crippen molar-refractivity contribution in [3.63, 3.8) is 0 Å². The van der Waals surface area contributed by atoms with Crippen LogP contribution in [0.4, 0.5) is 11.4 Å². The van der Waals surface area contributed by atoms with Gasteiger partial charge in [0.15, 0.2) is 0 Å². The highest BCUT2D eigenvalue weighted by Gasteiger charge is 2.16. The van der Waals surface area contributed by atoms with Crippen LogP contribution >= 0.6 is 0 Å². The Balaban J connectivity index is 2.82. The van der Waals surface area contributed by atoms with Crippen LogP contribution in [-0.4, -0.2) is 36.9 Å². The van der Waals surface area contributed by atoms with Crippen LogP contribution in [0.5, 0.6) is 0 Å². The van der Waals surface area contributed by atoms with E-state index in [9.17, 15) is 19.7 Å². The van der Waals surface area contributed by atoms with Gasteiger partial charge in [0.2, 0.25) is 5.91 Å². The molecular formula is C12H16N4O4. The molecule has 0 atom stereocenters. The fourth-order valence-electron chi connectivity index (χ4n) is 1.55. The van der Waals surface area contributed by atoms with E-state index in [1.165, 1.54) is 32.2 Å². The Morgan fingerprint density at radius 2 is 2.00 bits per heavy atom. The number of nitro groups is 1. The van der Waals surface area contributed by atoms with Gasteiger partial charge in [-0.15, -0.1) is 0 Å². The molecule has 0 fully saturated rings. The van der Waals surface area contributed by atoms with Gasteiger partial charge in [-0.25, -0.2) is 0 Å². The summed E-state index contributed by atoms with van der Waals surface area (Å²) in [5, 5.41) is 18.8. The van der Waals surface area contributed by atoms with Gasteiger partial charge in [0.05, 0.1) is 4.92 Å². The summed E-state index contributed by atoms with van der Waals surface area (Å²) >= 11 is 0. The van der Waals surface area contributed by atoms with Crippen LogP contribution in [-0.2, 0) is 4.79 Å². The minimum absolute atomic E-state index is 0.170. The average Bonchev–Trinajstić information content (AvgIpc) is 2.42. The molecule has 3 N–H and O–H groups in total. The molecule has 8 heteroatoms. The molecule has 0 aliphatic carbocycles. The van der Waals surface area contributed by atoms with Gasteiger partial charge in [0.25, 0.3) is 11.6 Å². The molecule has 1 rings (SSSR count). The number of nitrogens with zero attached hydrogens (tertiary/aromatic N) is 1. The molecule has 0 saturated carbocycles. The number of rotatable bonds is 6. The maximum atomic E-state index is 11.4. The van der Waals surface area contributed by atoms with Gasteiger partial charge in [0.1, 0.15) is 5.69 Å². The van der Waals surface area contributed by atoms with Crippen LogP contribution in [0.15, 0.2) is 18.2 Å². The number of carbonyl (C=O) groups excluding carboxylic acids is 2. The van der Waals surface area contributed by atoms with E-state index < -0.39 is 10.8 Å². The highest BCUT2D eigenvalue weighted by atomic mass is 16.6. The van der Waals surface area contributed by atoms with Gasteiger partial charge in [-0.2, -0.15) is 0 Å². The van der Waals surface area contributed by atoms with E-state index in [4.69, 9.17) is 0 Å². The molecule has 0 aliphatic heterocycles. The Morgan fingerprint density at radius 1 is 1.30 bits per heavy atom. The van der Waals surface area contributed by atoms with Gasteiger partial charge in [0, 0.05) is 38.7 Å². The van der Waals surface area contributed by atoms with Crippen LogP contribution in [0.2, 0.25) is 0 Å². The van der Waals surface area contributed by atoms with Crippen molar-refractivity contribution < 1.29 is 14.5 Å². The molecule has 0 saturated heterocycles. The largest absolute Gasteiger partial charge is 0.378 e. The lowest BCUT2D eigenvalue weighted by atomic mass is 10.1. The molecule has 108 valence electrons. The Bertz CT molecular complexity index is 530. The Morgan fingerprint density at radius 3 is 2.55 bits per heavy atom. The molecule has 0 unspecified atom stereocenters. The number of benzene rings is 1. The highest BCUT2D eigenvalue weighted by Crippen LogP contribution is 2.25. The fourth-order valence-corrected chi connectivity index (χ4v) is 1.55. The minimum atomic E-state index is -0.562. The van der Waals surface area contributed by atoms with E-state index in [1.54, 1.807) is 0 Å². The molecule has 0 aliphatic rings. The molecule has 0 radical (unpaired) electrons. The van der Waals surface area contributed by atoms with Gasteiger partial charge < -0.3 is 16.0 Å². The second-order valence-electron chi connectivity index (χ2n) is 3.98. The van der Waals surface area contributed by atoms with Crippen molar-refractivity contribution in [1.82, 2.24) is 10.6 Å². The van der Waals surface area contributed by atoms with Crippen molar-refractivity contribution in [2.45, 2.75) is 6.92 Å². The van der Waals surface area contributed by atoms with Crippen LogP contribution < -0.4 is 16.0 Å². The predicted octanol–water partition coefficient (Wildman–Crippen LogP) is 0.502. The zero-order chi connectivity index (χ0) is 15.1. The number of carbonyl (C=O) groups is 2. The molecular weight excluding hydrogens is 264 g/mol. The molecule has 0 bridgehead atoms. The third-order valence-electron chi connectivity index (χ3n) is 2.50. The maximum Gasteiger partial charge on any atom is 0.293 e. The number of amides is 2. The second-order valence-corrected chi connectivity index (χ2v) is 3.98. The molecule has 0 aromatic heterocycles. The van der Waals surface area contributed by atoms with E-state index >= 15 is 0 Å². The van der Waals surface area contributed by atoms with Crippen molar-refractivity contribution >= 4 is 23.2 Å². The zero-order valence-corrected chi connectivity index (χ0v) is 11.2. The summed E-state index contributed by atoms with van der Waals surface area (Å²) in [5.41, 5.74) is 0.327. The van der Waals surface area contributed by atoms with Crippen molar-refractivity contribution in [3.8, 4) is 0 Å². The Hall–Kier alpha value is -2.64. The molecule has 1 aromatic rings. The van der Waals surface area contributed by atoms with Crippen molar-refractivity contribution in [2.75, 3.05) is 25.5 Å². The van der Waals surface area contributed by atoms with Crippen molar-refractivity contribution in [1.29, 1.82) is 0 Å². The van der Waals surface area contributed by atoms with Crippen molar-refractivity contribution in [2.24, 2.45) is 0 Å². The smallest absolute Gasteiger partial charge is 0.293 e. The summed E-state index contributed by atoms with van der Waals surface area (Å²) in [5.74, 6) is -0.561.